The number of halogens is 1. The molecule has 0 saturated carbocycles. The summed E-state index contributed by atoms with van der Waals surface area (Å²) in [5.74, 6) is 0.719. The zero-order chi connectivity index (χ0) is 26.7. The van der Waals surface area contributed by atoms with Gasteiger partial charge in [-0.05, 0) is 53.1 Å². The van der Waals surface area contributed by atoms with Crippen LogP contribution < -0.4 is 21.1 Å². The minimum atomic E-state index is -3.66. The molecule has 4 N–H and O–H groups in total. The Labute approximate surface area is 225 Å². The molecule has 1 fully saturated rings. The molecule has 0 radical (unpaired) electrons. The molecule has 0 bridgehead atoms. The second-order valence-electron chi connectivity index (χ2n) is 9.05. The van der Waals surface area contributed by atoms with Gasteiger partial charge in [0.25, 0.3) is 0 Å². The van der Waals surface area contributed by atoms with Gasteiger partial charge in [-0.15, -0.1) is 0 Å². The number of carbonyl (C=O) groups is 1. The highest BCUT2D eigenvalue weighted by Gasteiger charge is 2.30. The van der Waals surface area contributed by atoms with Crippen LogP contribution in [0.5, 0.6) is 5.75 Å². The van der Waals surface area contributed by atoms with Gasteiger partial charge in [0.2, 0.25) is 15.7 Å². The van der Waals surface area contributed by atoms with Crippen LogP contribution >= 0.6 is 11.6 Å². The van der Waals surface area contributed by atoms with Crippen LogP contribution in [0, 0.1) is 0 Å². The maximum atomic E-state index is 13.1. The maximum absolute atomic E-state index is 13.1. The highest BCUT2D eigenvalue weighted by molar-refractivity contribution is 7.92. The quantitative estimate of drug-likeness (QED) is 0.380. The van der Waals surface area contributed by atoms with Gasteiger partial charge in [-0.25, -0.2) is 13.4 Å². The largest absolute Gasteiger partial charge is 0.484 e. The summed E-state index contributed by atoms with van der Waals surface area (Å²) in [4.78, 5) is 16.5. The molecule has 1 amide bonds. The number of hydrogen-bond acceptors (Lipinski definition) is 8. The summed E-state index contributed by atoms with van der Waals surface area (Å²) in [7, 11) is -3.66. The normalized spacial score (nSPS) is 19.2. The van der Waals surface area contributed by atoms with Crippen molar-refractivity contribution in [3.63, 3.8) is 0 Å². The molecule has 3 aromatic rings. The van der Waals surface area contributed by atoms with Crippen LogP contribution in [0.4, 0.5) is 5.82 Å². The van der Waals surface area contributed by atoms with E-state index in [0.717, 1.165) is 22.3 Å². The molecule has 38 heavy (non-hydrogen) atoms. The molecule has 0 spiro atoms. The molecule has 198 valence electrons. The number of anilines is 1. The molecule has 11 heteroatoms. The fourth-order valence-electron chi connectivity index (χ4n) is 4.35. The van der Waals surface area contributed by atoms with E-state index >= 15 is 0 Å². The molecule has 3 heterocycles. The SMILES string of the molecule is Nc1ccc(CNC(=O)C=CC2Cc3cc(-c4cccc(S(=O)(=O)C5CNCCO5)c4)cc(Cl)c3O2)cn1. The number of carbonyl (C=O) groups excluding carboxylic acids is 1. The summed E-state index contributed by atoms with van der Waals surface area (Å²) < 4.78 is 37.6. The molecule has 1 aromatic heterocycles. The van der Waals surface area contributed by atoms with E-state index in [1.165, 1.54) is 6.08 Å². The van der Waals surface area contributed by atoms with Crippen molar-refractivity contribution in [2.45, 2.75) is 29.4 Å². The van der Waals surface area contributed by atoms with E-state index < -0.39 is 15.3 Å². The van der Waals surface area contributed by atoms with Crippen molar-refractivity contribution in [2.75, 3.05) is 25.4 Å². The molecular weight excluding hydrogens is 528 g/mol. The highest BCUT2D eigenvalue weighted by atomic mass is 35.5. The topological polar surface area (TPSA) is 133 Å². The first-order chi connectivity index (χ1) is 18.3. The van der Waals surface area contributed by atoms with E-state index in [0.29, 0.717) is 42.7 Å². The number of nitrogens with two attached hydrogens (primary N) is 1. The van der Waals surface area contributed by atoms with Crippen molar-refractivity contribution < 1.29 is 22.7 Å². The number of nitrogen functional groups attached to an aromatic ring is 1. The minimum absolute atomic E-state index is 0.193. The van der Waals surface area contributed by atoms with E-state index in [1.807, 2.05) is 12.1 Å². The fraction of sp³-hybridized carbons (Fsp3) is 0.259. The van der Waals surface area contributed by atoms with Gasteiger partial charge in [0.05, 0.1) is 16.5 Å². The van der Waals surface area contributed by atoms with Gasteiger partial charge in [0.1, 0.15) is 17.7 Å². The summed E-state index contributed by atoms with van der Waals surface area (Å²) in [6.45, 7) is 1.56. The lowest BCUT2D eigenvalue weighted by Gasteiger charge is -2.23. The Hall–Kier alpha value is -3.44. The minimum Gasteiger partial charge on any atom is -0.484 e. The van der Waals surface area contributed by atoms with E-state index in [9.17, 15) is 13.2 Å². The van der Waals surface area contributed by atoms with E-state index in [2.05, 4.69) is 15.6 Å². The number of nitrogens with one attached hydrogen (secondary N) is 2. The first-order valence-electron chi connectivity index (χ1n) is 12.1. The average molecular weight is 555 g/mol. The van der Waals surface area contributed by atoms with Crippen molar-refractivity contribution >= 4 is 33.2 Å². The molecule has 0 aliphatic carbocycles. The third-order valence-corrected chi connectivity index (χ3v) is 8.51. The Morgan fingerprint density at radius 2 is 2.08 bits per heavy atom. The van der Waals surface area contributed by atoms with Crippen LogP contribution in [-0.4, -0.2) is 50.5 Å². The first-order valence-corrected chi connectivity index (χ1v) is 14.0. The van der Waals surface area contributed by atoms with Crippen LogP contribution in [0.2, 0.25) is 5.02 Å². The summed E-state index contributed by atoms with van der Waals surface area (Å²) in [6.07, 6.45) is 4.91. The van der Waals surface area contributed by atoms with Gasteiger partial charge in [-0.2, -0.15) is 0 Å². The predicted molar refractivity (Wildman–Crippen MR) is 144 cm³/mol. The number of aromatic nitrogens is 1. The van der Waals surface area contributed by atoms with Crippen LogP contribution in [0.3, 0.4) is 0 Å². The Bertz CT molecular complexity index is 1470. The molecule has 5 rings (SSSR count). The number of rotatable bonds is 7. The van der Waals surface area contributed by atoms with E-state index in [1.54, 1.807) is 48.7 Å². The third-order valence-electron chi connectivity index (χ3n) is 6.32. The van der Waals surface area contributed by atoms with Gasteiger partial charge < -0.3 is 25.8 Å². The third kappa shape index (κ3) is 5.83. The van der Waals surface area contributed by atoms with Crippen molar-refractivity contribution in [1.29, 1.82) is 0 Å². The van der Waals surface area contributed by atoms with Crippen LogP contribution in [0.15, 0.2) is 71.8 Å². The van der Waals surface area contributed by atoms with Gasteiger partial charge in [0, 0.05) is 43.9 Å². The molecule has 9 nitrogen and oxygen atoms in total. The van der Waals surface area contributed by atoms with Crippen molar-refractivity contribution in [3.8, 4) is 16.9 Å². The van der Waals surface area contributed by atoms with Gasteiger partial charge in [-0.1, -0.05) is 29.8 Å². The summed E-state index contributed by atoms with van der Waals surface area (Å²) in [5.41, 5.74) is 7.87. The zero-order valence-electron chi connectivity index (χ0n) is 20.4. The summed E-state index contributed by atoms with van der Waals surface area (Å²) in [6, 6.07) is 13.9. The Kier molecular flexibility index (Phi) is 7.66. The van der Waals surface area contributed by atoms with E-state index in [4.69, 9.17) is 26.8 Å². The zero-order valence-corrected chi connectivity index (χ0v) is 22.0. The molecule has 2 atom stereocenters. The summed E-state index contributed by atoms with van der Waals surface area (Å²) >= 11 is 6.54. The number of sulfone groups is 1. The predicted octanol–water partition coefficient (Wildman–Crippen LogP) is 2.88. The van der Waals surface area contributed by atoms with Crippen molar-refractivity contribution in [2.24, 2.45) is 0 Å². The van der Waals surface area contributed by atoms with Gasteiger partial charge >= 0.3 is 0 Å². The van der Waals surface area contributed by atoms with Crippen molar-refractivity contribution in [1.82, 2.24) is 15.6 Å². The number of amides is 1. The summed E-state index contributed by atoms with van der Waals surface area (Å²) in [5, 5.41) is 6.27. The molecule has 1 saturated heterocycles. The van der Waals surface area contributed by atoms with Crippen LogP contribution in [-0.2, 0) is 32.3 Å². The second-order valence-corrected chi connectivity index (χ2v) is 11.5. The van der Waals surface area contributed by atoms with Gasteiger partial charge in [-0.3, -0.25) is 4.79 Å². The fourth-order valence-corrected chi connectivity index (χ4v) is 6.11. The van der Waals surface area contributed by atoms with Crippen molar-refractivity contribution in [3.05, 3.63) is 83.0 Å². The van der Waals surface area contributed by atoms with Crippen LogP contribution in [0.1, 0.15) is 11.1 Å². The Balaban J connectivity index is 1.27. The number of benzene rings is 2. The maximum Gasteiger partial charge on any atom is 0.244 e. The molecule has 2 unspecified atom stereocenters. The molecule has 2 aromatic carbocycles. The molecular formula is C27H27ClN4O5S. The lowest BCUT2D eigenvalue weighted by atomic mass is 10.0. The number of fused-ring (bicyclic) bond motifs is 1. The molecule has 2 aliphatic rings. The highest BCUT2D eigenvalue weighted by Crippen LogP contribution is 2.40. The average Bonchev–Trinajstić information content (AvgIpc) is 3.36. The molecule has 2 aliphatic heterocycles. The first kappa shape index (κ1) is 26.2. The Morgan fingerprint density at radius 3 is 2.84 bits per heavy atom. The lowest BCUT2D eigenvalue weighted by molar-refractivity contribution is -0.116. The Morgan fingerprint density at radius 1 is 1.21 bits per heavy atom. The number of ether oxygens (including phenoxy) is 2. The van der Waals surface area contributed by atoms with E-state index in [-0.39, 0.29) is 23.5 Å². The lowest BCUT2D eigenvalue weighted by Crippen LogP contribution is -2.43. The number of morpholine rings is 1. The number of nitrogens with zero attached hydrogens (tertiary/aromatic N) is 1. The number of pyridine rings is 1. The number of hydrogen-bond donors (Lipinski definition) is 3. The van der Waals surface area contributed by atoms with Gasteiger partial charge in [0.15, 0.2) is 5.44 Å². The second kappa shape index (κ2) is 11.1. The standard InChI is InChI=1S/C27H27ClN4O5S/c28-23-13-19(18-2-1-3-22(12-18)38(34,35)26-16-30-8-9-36-26)10-20-11-21(37-27(20)23)5-7-25(33)32-15-17-4-6-24(29)31-14-17/h1-7,10,12-14,21,26,30H,8-9,11,15-16H2,(H2,29,31)(H,32,33). The van der Waals surface area contributed by atoms with Crippen LogP contribution in [0.25, 0.3) is 11.1 Å². The monoisotopic (exact) mass is 554 g/mol. The smallest absolute Gasteiger partial charge is 0.244 e.